The molecule has 0 saturated carbocycles. The Morgan fingerprint density at radius 3 is 2.17 bits per heavy atom. The lowest BCUT2D eigenvalue weighted by Gasteiger charge is -2.22. The second kappa shape index (κ2) is 12.9. The van der Waals surface area contributed by atoms with Crippen LogP contribution in [0.3, 0.4) is 0 Å². The van der Waals surface area contributed by atoms with Crippen molar-refractivity contribution in [3.8, 4) is 5.75 Å². The molecule has 0 bridgehead atoms. The highest BCUT2D eigenvalue weighted by Crippen LogP contribution is 2.23. The fraction of sp³-hybridized carbons (Fsp3) is 0.250. The van der Waals surface area contributed by atoms with Crippen molar-refractivity contribution in [2.75, 3.05) is 13.6 Å². The van der Waals surface area contributed by atoms with Gasteiger partial charge in [-0.05, 0) is 37.1 Å². The molecule has 158 valence electrons. The molecule has 1 aromatic rings. The summed E-state index contributed by atoms with van der Waals surface area (Å²) >= 11 is 0. The van der Waals surface area contributed by atoms with E-state index in [-0.39, 0.29) is 11.6 Å². The molecule has 5 nitrogen and oxygen atoms in total. The lowest BCUT2D eigenvalue weighted by Crippen LogP contribution is -2.25. The molecule has 29 heavy (non-hydrogen) atoms. The number of allylic oxidation sites excluding steroid dienone is 5. The summed E-state index contributed by atoms with van der Waals surface area (Å²) in [6.07, 6.45) is 6.19. The third-order valence-corrected chi connectivity index (χ3v) is 4.05. The topological polar surface area (TPSA) is 102 Å². The predicted molar refractivity (Wildman–Crippen MR) is 127 cm³/mol. The zero-order chi connectivity index (χ0) is 22.6. The van der Waals surface area contributed by atoms with Crippen LogP contribution in [0.4, 0.5) is 0 Å². The molecular formula is C24H36N4O. The van der Waals surface area contributed by atoms with Crippen molar-refractivity contribution >= 4 is 5.70 Å². The number of aromatic hydroxyl groups is 1. The third-order valence-electron chi connectivity index (χ3n) is 4.05. The maximum Gasteiger partial charge on any atom is 0.124 e. The molecule has 1 rings (SSSR count). The second-order valence-electron chi connectivity index (χ2n) is 6.43. The van der Waals surface area contributed by atoms with Crippen LogP contribution in [0, 0.1) is 0 Å². The molecule has 0 atom stereocenters. The van der Waals surface area contributed by atoms with Crippen molar-refractivity contribution in [1.29, 1.82) is 0 Å². The Hall–Kier alpha value is -3.34. The molecule has 0 aliphatic heterocycles. The van der Waals surface area contributed by atoms with Crippen molar-refractivity contribution in [3.05, 3.63) is 96.0 Å². The second-order valence-corrected chi connectivity index (χ2v) is 6.43. The number of benzene rings is 1. The Kier molecular flexibility index (Phi) is 11.5. The van der Waals surface area contributed by atoms with Gasteiger partial charge in [0.05, 0.1) is 5.70 Å². The van der Waals surface area contributed by atoms with Crippen LogP contribution in [0.15, 0.2) is 90.5 Å². The van der Waals surface area contributed by atoms with Gasteiger partial charge in [-0.25, -0.2) is 0 Å². The highest BCUT2D eigenvalue weighted by Gasteiger charge is 2.09. The van der Waals surface area contributed by atoms with Crippen LogP contribution in [0.25, 0.3) is 5.70 Å². The fourth-order valence-electron chi connectivity index (χ4n) is 2.23. The summed E-state index contributed by atoms with van der Waals surface area (Å²) in [4.78, 5) is 1.90. The van der Waals surface area contributed by atoms with E-state index in [0.29, 0.717) is 29.9 Å². The van der Waals surface area contributed by atoms with E-state index in [9.17, 15) is 5.11 Å². The molecule has 0 aliphatic rings. The van der Waals surface area contributed by atoms with Crippen LogP contribution in [0.1, 0.15) is 32.8 Å². The maximum absolute atomic E-state index is 9.94. The van der Waals surface area contributed by atoms with Crippen LogP contribution in [-0.4, -0.2) is 23.6 Å². The molecule has 7 N–H and O–H groups in total. The van der Waals surface area contributed by atoms with E-state index in [1.807, 2.05) is 44.9 Å². The van der Waals surface area contributed by atoms with Gasteiger partial charge in [-0.3, -0.25) is 0 Å². The van der Waals surface area contributed by atoms with Crippen LogP contribution >= 0.6 is 0 Å². The summed E-state index contributed by atoms with van der Waals surface area (Å²) in [6.45, 7) is 18.4. The number of phenols is 1. The van der Waals surface area contributed by atoms with Gasteiger partial charge in [0.25, 0.3) is 0 Å². The molecular weight excluding hydrogens is 360 g/mol. The largest absolute Gasteiger partial charge is 0.507 e. The quantitative estimate of drug-likeness (QED) is 0.464. The van der Waals surface area contributed by atoms with Gasteiger partial charge in [-0.1, -0.05) is 69.0 Å². The first-order valence-corrected chi connectivity index (χ1v) is 9.56. The number of rotatable bonds is 9. The molecule has 0 fully saturated rings. The van der Waals surface area contributed by atoms with E-state index < -0.39 is 0 Å². The van der Waals surface area contributed by atoms with Gasteiger partial charge in [0, 0.05) is 24.9 Å². The van der Waals surface area contributed by atoms with E-state index >= 15 is 0 Å². The molecule has 0 heterocycles. The monoisotopic (exact) mass is 396 g/mol. The van der Waals surface area contributed by atoms with E-state index in [4.69, 9.17) is 17.2 Å². The zero-order valence-corrected chi connectivity index (χ0v) is 18.2. The SMILES string of the molecule is C=C(/C=C\C(=C)C(=C)C)CCN(C)C(/C=C(\N)c1ccccc1O)=C(N)N.CC. The van der Waals surface area contributed by atoms with Crippen LogP contribution in [0.5, 0.6) is 5.75 Å². The summed E-state index contributed by atoms with van der Waals surface area (Å²) in [5.41, 5.74) is 22.0. The Bertz CT molecular complexity index is 812. The minimum Gasteiger partial charge on any atom is -0.507 e. The van der Waals surface area contributed by atoms with E-state index in [2.05, 4.69) is 19.7 Å². The zero-order valence-electron chi connectivity index (χ0n) is 18.2. The van der Waals surface area contributed by atoms with E-state index in [1.54, 1.807) is 30.3 Å². The van der Waals surface area contributed by atoms with Gasteiger partial charge in [0.1, 0.15) is 11.6 Å². The standard InChI is InChI=1S/C22H30N4O.C2H6/c1-15(2)17(4)11-10-16(3)12-13-26(5)20(22(24)25)14-19(23)18-8-6-7-9-21(18)27;1-2/h6-11,14,27H,1,3-4,12-13,23-25H2,2,5H3;1-2H3/b11-10-,19-14-;. The molecule has 0 amide bonds. The first-order chi connectivity index (χ1) is 13.6. The van der Waals surface area contributed by atoms with E-state index in [0.717, 1.165) is 16.7 Å². The molecule has 5 heteroatoms. The molecule has 0 aliphatic carbocycles. The summed E-state index contributed by atoms with van der Waals surface area (Å²) in [6, 6.07) is 6.83. The highest BCUT2D eigenvalue weighted by molar-refractivity contribution is 5.69. The first-order valence-electron chi connectivity index (χ1n) is 9.56. The van der Waals surface area contributed by atoms with Crippen LogP contribution in [0.2, 0.25) is 0 Å². The Labute approximate surface area is 175 Å². The third kappa shape index (κ3) is 8.93. The summed E-state index contributed by atoms with van der Waals surface area (Å²) in [5.74, 6) is 0.243. The smallest absolute Gasteiger partial charge is 0.124 e. The van der Waals surface area contributed by atoms with Crippen molar-refractivity contribution in [2.45, 2.75) is 27.2 Å². The van der Waals surface area contributed by atoms with E-state index in [1.165, 1.54) is 0 Å². The van der Waals surface area contributed by atoms with Gasteiger partial charge in [-0.2, -0.15) is 0 Å². The Balaban J connectivity index is 0.00000379. The fourth-order valence-corrected chi connectivity index (χ4v) is 2.23. The minimum absolute atomic E-state index is 0.0973. The number of phenolic OH excluding ortho intramolecular Hbond substituents is 1. The minimum atomic E-state index is 0.0973. The summed E-state index contributed by atoms with van der Waals surface area (Å²) < 4.78 is 0. The van der Waals surface area contributed by atoms with Gasteiger partial charge < -0.3 is 27.2 Å². The van der Waals surface area contributed by atoms with Crippen molar-refractivity contribution in [3.63, 3.8) is 0 Å². The Morgan fingerprint density at radius 1 is 1.07 bits per heavy atom. The molecule has 0 spiro atoms. The lowest BCUT2D eigenvalue weighted by molar-refractivity contribution is 0.430. The highest BCUT2D eigenvalue weighted by atomic mass is 16.3. The average molecular weight is 397 g/mol. The van der Waals surface area contributed by atoms with Crippen molar-refractivity contribution < 1.29 is 5.11 Å². The predicted octanol–water partition coefficient (Wildman–Crippen LogP) is 4.37. The molecule has 0 radical (unpaired) electrons. The lowest BCUT2D eigenvalue weighted by atomic mass is 10.1. The number of nitrogens with two attached hydrogens (primary N) is 3. The molecule has 0 saturated heterocycles. The normalized spacial score (nSPS) is 10.7. The number of para-hydroxylation sites is 1. The van der Waals surface area contributed by atoms with Gasteiger partial charge >= 0.3 is 0 Å². The van der Waals surface area contributed by atoms with Crippen LogP contribution < -0.4 is 17.2 Å². The maximum atomic E-state index is 9.94. The number of hydrogen-bond acceptors (Lipinski definition) is 5. The number of likely N-dealkylation sites (N-methyl/N-ethyl adjacent to an activating group) is 1. The van der Waals surface area contributed by atoms with Gasteiger partial charge in [0.15, 0.2) is 0 Å². The number of nitrogens with zero attached hydrogens (tertiary/aromatic N) is 1. The summed E-state index contributed by atoms with van der Waals surface area (Å²) in [5, 5.41) is 9.94. The molecule has 1 aromatic carbocycles. The first kappa shape index (κ1) is 25.7. The average Bonchev–Trinajstić information content (AvgIpc) is 2.69. The molecule has 0 unspecified atom stereocenters. The van der Waals surface area contributed by atoms with Crippen LogP contribution in [-0.2, 0) is 0 Å². The van der Waals surface area contributed by atoms with Crippen molar-refractivity contribution in [1.82, 2.24) is 4.90 Å². The van der Waals surface area contributed by atoms with Gasteiger partial charge in [-0.15, -0.1) is 0 Å². The van der Waals surface area contributed by atoms with Crippen molar-refractivity contribution in [2.24, 2.45) is 17.2 Å². The molecule has 0 aromatic heterocycles. The Morgan fingerprint density at radius 2 is 1.66 bits per heavy atom. The number of hydrogen-bond donors (Lipinski definition) is 4. The summed E-state index contributed by atoms with van der Waals surface area (Å²) in [7, 11) is 1.87. The van der Waals surface area contributed by atoms with Gasteiger partial charge in [0.2, 0.25) is 0 Å².